The Labute approximate surface area is 198 Å². The van der Waals surface area contributed by atoms with Gasteiger partial charge in [0.2, 0.25) is 0 Å². The lowest BCUT2D eigenvalue weighted by atomic mass is 9.92. The first-order valence-electron chi connectivity index (χ1n) is 11.1. The minimum Gasteiger partial charge on any atom is -0.497 e. The zero-order valence-electron chi connectivity index (χ0n) is 19.8. The number of methoxy groups -OCH3 is 3. The van der Waals surface area contributed by atoms with Crippen LogP contribution < -0.4 is 18.9 Å². The van der Waals surface area contributed by atoms with E-state index in [1.54, 1.807) is 49.5 Å². The van der Waals surface area contributed by atoms with Gasteiger partial charge < -0.3 is 23.8 Å². The number of carbonyl (C=O) groups is 1. The van der Waals surface area contributed by atoms with Gasteiger partial charge >= 0.3 is 0 Å². The summed E-state index contributed by atoms with van der Waals surface area (Å²) in [5.41, 5.74) is 1.97. The van der Waals surface area contributed by atoms with Crippen molar-refractivity contribution in [3.8, 4) is 28.7 Å². The summed E-state index contributed by atoms with van der Waals surface area (Å²) in [6, 6.07) is 10.7. The van der Waals surface area contributed by atoms with Crippen LogP contribution in [0.25, 0.3) is 0 Å². The van der Waals surface area contributed by atoms with Crippen LogP contribution in [0.2, 0.25) is 0 Å². The molecule has 1 aromatic carbocycles. The van der Waals surface area contributed by atoms with Crippen LogP contribution in [0.1, 0.15) is 40.6 Å². The summed E-state index contributed by atoms with van der Waals surface area (Å²) < 4.78 is 22.0. The first-order chi connectivity index (χ1) is 16.5. The molecule has 1 fully saturated rings. The van der Waals surface area contributed by atoms with Gasteiger partial charge in [-0.3, -0.25) is 4.79 Å². The summed E-state index contributed by atoms with van der Waals surface area (Å²) in [6.45, 7) is 3.07. The first-order valence-corrected chi connectivity index (χ1v) is 11.1. The van der Waals surface area contributed by atoms with E-state index in [1.165, 1.54) is 13.3 Å². The van der Waals surface area contributed by atoms with Crippen molar-refractivity contribution < 1.29 is 23.7 Å². The molecule has 0 radical (unpaired) electrons. The number of rotatable bonds is 7. The van der Waals surface area contributed by atoms with Gasteiger partial charge in [-0.05, 0) is 44.0 Å². The molecule has 1 aliphatic heterocycles. The smallest absolute Gasteiger partial charge is 0.272 e. The van der Waals surface area contributed by atoms with E-state index in [4.69, 9.17) is 18.9 Å². The normalized spacial score (nSPS) is 13.9. The summed E-state index contributed by atoms with van der Waals surface area (Å²) >= 11 is 0. The van der Waals surface area contributed by atoms with Crippen LogP contribution in [0.15, 0.2) is 42.6 Å². The van der Waals surface area contributed by atoms with E-state index in [0.717, 1.165) is 35.7 Å². The van der Waals surface area contributed by atoms with Crippen LogP contribution in [0.5, 0.6) is 28.7 Å². The maximum absolute atomic E-state index is 13.1. The van der Waals surface area contributed by atoms with Crippen molar-refractivity contribution in [2.24, 2.45) is 0 Å². The standard InChI is InChI=1S/C25H28N4O5/c1-16-13-22(33-4)24(28-27-16)17-9-11-29(12-10-17)25(30)20-14-21(32-3)23(15-26-20)34-19-7-5-18(31-2)6-8-19/h5-8,13-15,17H,9-12H2,1-4H3. The Kier molecular flexibility index (Phi) is 7.10. The lowest BCUT2D eigenvalue weighted by Gasteiger charge is -2.31. The van der Waals surface area contributed by atoms with E-state index < -0.39 is 0 Å². The Morgan fingerprint density at radius 2 is 1.56 bits per heavy atom. The topological polar surface area (TPSA) is 95.9 Å². The quantitative estimate of drug-likeness (QED) is 0.517. The molecule has 0 atom stereocenters. The number of pyridine rings is 1. The van der Waals surface area contributed by atoms with Crippen molar-refractivity contribution in [3.05, 3.63) is 59.7 Å². The third kappa shape index (κ3) is 5.03. The summed E-state index contributed by atoms with van der Waals surface area (Å²) in [7, 11) is 4.78. The van der Waals surface area contributed by atoms with Gasteiger partial charge in [-0.1, -0.05) is 0 Å². The first kappa shape index (κ1) is 23.3. The Morgan fingerprint density at radius 3 is 2.21 bits per heavy atom. The van der Waals surface area contributed by atoms with Crippen LogP contribution in [0.3, 0.4) is 0 Å². The molecule has 9 heteroatoms. The van der Waals surface area contributed by atoms with Crippen LogP contribution in [-0.2, 0) is 0 Å². The fourth-order valence-electron chi connectivity index (χ4n) is 3.99. The van der Waals surface area contributed by atoms with Gasteiger partial charge in [0, 0.05) is 31.1 Å². The van der Waals surface area contributed by atoms with E-state index in [0.29, 0.717) is 36.0 Å². The highest BCUT2D eigenvalue weighted by atomic mass is 16.5. The van der Waals surface area contributed by atoms with Crippen molar-refractivity contribution in [1.29, 1.82) is 0 Å². The second-order valence-electron chi connectivity index (χ2n) is 8.00. The molecular weight excluding hydrogens is 436 g/mol. The highest BCUT2D eigenvalue weighted by Gasteiger charge is 2.28. The number of amides is 1. The molecule has 0 N–H and O–H groups in total. The van der Waals surface area contributed by atoms with Gasteiger partial charge in [0.1, 0.15) is 28.6 Å². The van der Waals surface area contributed by atoms with Gasteiger partial charge in [0.15, 0.2) is 11.5 Å². The van der Waals surface area contributed by atoms with E-state index in [9.17, 15) is 4.79 Å². The van der Waals surface area contributed by atoms with Crippen LogP contribution in [0.4, 0.5) is 0 Å². The third-order valence-electron chi connectivity index (χ3n) is 5.85. The van der Waals surface area contributed by atoms with Gasteiger partial charge in [0.05, 0.1) is 33.2 Å². The molecule has 0 unspecified atom stereocenters. The molecule has 0 spiro atoms. The average molecular weight is 465 g/mol. The molecule has 3 aromatic rings. The summed E-state index contributed by atoms with van der Waals surface area (Å²) in [5.74, 6) is 2.99. The van der Waals surface area contributed by atoms with Crippen LogP contribution in [0, 0.1) is 6.92 Å². The Balaban J connectivity index is 1.43. The number of piperidine rings is 1. The maximum Gasteiger partial charge on any atom is 0.272 e. The van der Waals surface area contributed by atoms with Gasteiger partial charge in [-0.2, -0.15) is 10.2 Å². The molecule has 0 saturated carbocycles. The fraction of sp³-hybridized carbons (Fsp3) is 0.360. The van der Waals surface area contributed by atoms with E-state index in [2.05, 4.69) is 15.2 Å². The number of aryl methyl sites for hydroxylation is 1. The molecule has 2 aromatic heterocycles. The third-order valence-corrected chi connectivity index (χ3v) is 5.85. The molecule has 1 saturated heterocycles. The van der Waals surface area contributed by atoms with Gasteiger partial charge in [-0.15, -0.1) is 0 Å². The molecule has 1 aliphatic rings. The Hall–Kier alpha value is -3.88. The number of aromatic nitrogens is 3. The largest absolute Gasteiger partial charge is 0.497 e. The van der Waals surface area contributed by atoms with E-state index >= 15 is 0 Å². The molecule has 0 aliphatic carbocycles. The molecule has 178 valence electrons. The Morgan fingerprint density at radius 1 is 0.882 bits per heavy atom. The SMILES string of the molecule is COc1ccc(Oc2cnc(C(=O)N3CCC(c4nnc(C)cc4OC)CC3)cc2OC)cc1. The molecule has 1 amide bonds. The van der Waals surface area contributed by atoms with Crippen LogP contribution in [-0.4, -0.2) is 60.4 Å². The molecule has 9 nitrogen and oxygen atoms in total. The number of likely N-dealkylation sites (tertiary alicyclic amines) is 1. The molecular formula is C25H28N4O5. The summed E-state index contributed by atoms with van der Waals surface area (Å²) in [4.78, 5) is 19.3. The molecule has 4 rings (SSSR count). The minimum atomic E-state index is -0.144. The van der Waals surface area contributed by atoms with Gasteiger partial charge in [0.25, 0.3) is 5.91 Å². The second kappa shape index (κ2) is 10.4. The van der Waals surface area contributed by atoms with E-state index in [-0.39, 0.29) is 11.8 Å². The highest BCUT2D eigenvalue weighted by Crippen LogP contribution is 2.34. The zero-order chi connectivity index (χ0) is 24.1. The van der Waals surface area contributed by atoms with Crippen molar-refractivity contribution in [2.45, 2.75) is 25.7 Å². The maximum atomic E-state index is 13.1. The predicted molar refractivity (Wildman–Crippen MR) is 125 cm³/mol. The lowest BCUT2D eigenvalue weighted by Crippen LogP contribution is -2.38. The molecule has 3 heterocycles. The average Bonchev–Trinajstić information content (AvgIpc) is 2.89. The number of benzene rings is 1. The van der Waals surface area contributed by atoms with E-state index in [1.807, 2.05) is 13.0 Å². The number of hydrogen-bond donors (Lipinski definition) is 0. The number of nitrogens with zero attached hydrogens (tertiary/aromatic N) is 4. The van der Waals surface area contributed by atoms with Crippen molar-refractivity contribution in [2.75, 3.05) is 34.4 Å². The van der Waals surface area contributed by atoms with Crippen molar-refractivity contribution in [3.63, 3.8) is 0 Å². The number of ether oxygens (including phenoxy) is 4. The fourth-order valence-corrected chi connectivity index (χ4v) is 3.99. The zero-order valence-corrected chi connectivity index (χ0v) is 19.8. The van der Waals surface area contributed by atoms with Gasteiger partial charge in [-0.25, -0.2) is 4.98 Å². The minimum absolute atomic E-state index is 0.144. The lowest BCUT2D eigenvalue weighted by molar-refractivity contribution is 0.0705. The molecule has 0 bridgehead atoms. The van der Waals surface area contributed by atoms with Crippen molar-refractivity contribution in [1.82, 2.24) is 20.1 Å². The summed E-state index contributed by atoms with van der Waals surface area (Å²) in [5, 5.41) is 8.53. The Bertz CT molecular complexity index is 1140. The number of hydrogen-bond acceptors (Lipinski definition) is 8. The van der Waals surface area contributed by atoms with Crippen LogP contribution >= 0.6 is 0 Å². The second-order valence-corrected chi connectivity index (χ2v) is 8.00. The highest BCUT2D eigenvalue weighted by molar-refractivity contribution is 5.93. The summed E-state index contributed by atoms with van der Waals surface area (Å²) in [6.07, 6.45) is 3.06. The molecule has 34 heavy (non-hydrogen) atoms. The van der Waals surface area contributed by atoms with Crippen molar-refractivity contribution >= 4 is 5.91 Å². The monoisotopic (exact) mass is 464 g/mol. The predicted octanol–water partition coefficient (Wildman–Crippen LogP) is 4.02. The number of carbonyl (C=O) groups excluding carboxylic acids is 1.